The van der Waals surface area contributed by atoms with Gasteiger partial charge in [-0.15, -0.1) is 0 Å². The number of carbonyl (C=O) groups excluding carboxylic acids is 2. The Bertz CT molecular complexity index is 159. The lowest BCUT2D eigenvalue weighted by Crippen LogP contribution is -2.11. The van der Waals surface area contributed by atoms with Crippen molar-refractivity contribution in [1.29, 1.82) is 0 Å². The highest BCUT2D eigenvalue weighted by Crippen LogP contribution is 1.86. The Hall–Kier alpha value is -1.26. The lowest BCUT2D eigenvalue weighted by molar-refractivity contribution is -0.141. The number of amides is 1. The van der Waals surface area contributed by atoms with Gasteiger partial charge in [0.15, 0.2) is 0 Å². The molecule has 0 saturated carbocycles. The van der Waals surface area contributed by atoms with Gasteiger partial charge in [-0.25, -0.2) is 4.79 Å². The Kier molecular flexibility index (Phi) is 12.8. The smallest absolute Gasteiger partial charge is 0.404 e. The van der Waals surface area contributed by atoms with Crippen molar-refractivity contribution in [3.05, 3.63) is 0 Å². The van der Waals surface area contributed by atoms with Crippen molar-refractivity contribution in [2.24, 2.45) is 5.73 Å². The van der Waals surface area contributed by atoms with Crippen LogP contribution in [-0.2, 0) is 14.3 Å². The van der Waals surface area contributed by atoms with Gasteiger partial charge in [-0.1, -0.05) is 13.3 Å². The molecule has 0 aromatic carbocycles. The van der Waals surface area contributed by atoms with Crippen molar-refractivity contribution in [1.82, 2.24) is 0 Å². The van der Waals surface area contributed by atoms with Crippen LogP contribution in [0.5, 0.6) is 0 Å². The summed E-state index contributed by atoms with van der Waals surface area (Å²) in [6.07, 6.45) is 1.34. The van der Waals surface area contributed by atoms with E-state index >= 15 is 0 Å². The summed E-state index contributed by atoms with van der Waals surface area (Å²) >= 11 is 0. The van der Waals surface area contributed by atoms with Gasteiger partial charge in [0.2, 0.25) is 0 Å². The number of primary amides is 1. The second-order valence-corrected chi connectivity index (χ2v) is 2.45. The minimum atomic E-state index is -0.711. The largest absolute Gasteiger partial charge is 0.466 e. The molecule has 0 aliphatic heterocycles. The van der Waals surface area contributed by atoms with Gasteiger partial charge in [0.25, 0.3) is 0 Å². The first-order valence-corrected chi connectivity index (χ1v) is 4.60. The Morgan fingerprint density at radius 1 is 1.21 bits per heavy atom. The fourth-order valence-electron chi connectivity index (χ4n) is 0.502. The molecule has 0 atom stereocenters. The van der Waals surface area contributed by atoms with E-state index in [9.17, 15) is 9.59 Å². The number of nitrogens with two attached hydrogens (primary N) is 1. The molecular weight excluding hydrogens is 186 g/mol. The molecular formula is C9H19NO4. The molecule has 84 valence electrons. The SMILES string of the molecule is CCCCOC(C)=O.CCOC(N)=O. The van der Waals surface area contributed by atoms with Crippen molar-refractivity contribution in [2.75, 3.05) is 13.2 Å². The van der Waals surface area contributed by atoms with E-state index < -0.39 is 6.09 Å². The van der Waals surface area contributed by atoms with Gasteiger partial charge in [0.05, 0.1) is 13.2 Å². The number of esters is 1. The average Bonchev–Trinajstić information content (AvgIpc) is 2.05. The minimum Gasteiger partial charge on any atom is -0.466 e. The molecule has 0 spiro atoms. The highest BCUT2D eigenvalue weighted by atomic mass is 16.5. The molecule has 0 aromatic heterocycles. The predicted molar refractivity (Wildman–Crippen MR) is 52.8 cm³/mol. The molecule has 1 amide bonds. The Labute approximate surface area is 84.6 Å². The molecule has 0 aliphatic carbocycles. The zero-order valence-electron chi connectivity index (χ0n) is 9.04. The molecule has 0 heterocycles. The average molecular weight is 205 g/mol. The second kappa shape index (κ2) is 11.7. The number of ether oxygens (including phenoxy) is 2. The highest BCUT2D eigenvalue weighted by molar-refractivity contribution is 5.65. The minimum absolute atomic E-state index is 0.182. The van der Waals surface area contributed by atoms with Gasteiger partial charge in [-0.2, -0.15) is 0 Å². The quantitative estimate of drug-likeness (QED) is 0.556. The zero-order valence-corrected chi connectivity index (χ0v) is 9.04. The maximum Gasteiger partial charge on any atom is 0.404 e. The standard InChI is InChI=1S/C6H12O2.C3H7NO2/c1-3-4-5-8-6(2)7;1-2-6-3(4)5/h3-5H2,1-2H3;2H2,1H3,(H2,4,5). The van der Waals surface area contributed by atoms with E-state index in [1.54, 1.807) is 6.92 Å². The Morgan fingerprint density at radius 2 is 1.79 bits per heavy atom. The van der Waals surface area contributed by atoms with Crippen LogP contribution in [0.2, 0.25) is 0 Å². The van der Waals surface area contributed by atoms with E-state index in [0.29, 0.717) is 13.2 Å². The number of carbonyl (C=O) groups is 2. The molecule has 0 aromatic rings. The molecule has 5 nitrogen and oxygen atoms in total. The summed E-state index contributed by atoms with van der Waals surface area (Å²) in [6.45, 7) is 6.12. The van der Waals surface area contributed by atoms with E-state index in [4.69, 9.17) is 0 Å². The molecule has 0 bridgehead atoms. The summed E-state index contributed by atoms with van der Waals surface area (Å²) in [5.41, 5.74) is 4.54. The van der Waals surface area contributed by atoms with Crippen LogP contribution in [0.15, 0.2) is 0 Å². The maximum atomic E-state index is 10.1. The molecule has 2 N–H and O–H groups in total. The summed E-state index contributed by atoms with van der Waals surface area (Å²) < 4.78 is 8.82. The fourth-order valence-corrected chi connectivity index (χ4v) is 0.502. The third kappa shape index (κ3) is 22.4. The third-order valence-electron chi connectivity index (χ3n) is 1.09. The van der Waals surface area contributed by atoms with Crippen LogP contribution in [0, 0.1) is 0 Å². The molecule has 5 heteroatoms. The lowest BCUT2D eigenvalue weighted by Gasteiger charge is -1.96. The first-order chi connectivity index (χ1) is 6.54. The normalized spacial score (nSPS) is 8.21. The summed E-state index contributed by atoms with van der Waals surface area (Å²) in [4.78, 5) is 19.7. The van der Waals surface area contributed by atoms with E-state index in [2.05, 4.69) is 22.1 Å². The maximum absolute atomic E-state index is 10.1. The second-order valence-electron chi connectivity index (χ2n) is 2.45. The van der Waals surface area contributed by atoms with Crippen LogP contribution >= 0.6 is 0 Å². The van der Waals surface area contributed by atoms with Gasteiger partial charge in [0.1, 0.15) is 0 Å². The van der Waals surface area contributed by atoms with Crippen LogP contribution in [-0.4, -0.2) is 25.3 Å². The van der Waals surface area contributed by atoms with Crippen molar-refractivity contribution in [2.45, 2.75) is 33.6 Å². The van der Waals surface area contributed by atoms with Crippen LogP contribution < -0.4 is 5.73 Å². The van der Waals surface area contributed by atoms with Gasteiger partial charge in [-0.3, -0.25) is 4.79 Å². The number of hydrogen-bond donors (Lipinski definition) is 1. The first-order valence-electron chi connectivity index (χ1n) is 4.60. The molecule has 0 rings (SSSR count). The molecule has 0 radical (unpaired) electrons. The lowest BCUT2D eigenvalue weighted by atomic mass is 10.4. The fraction of sp³-hybridized carbons (Fsp3) is 0.778. The molecule has 0 unspecified atom stereocenters. The van der Waals surface area contributed by atoms with E-state index in [0.717, 1.165) is 12.8 Å². The van der Waals surface area contributed by atoms with Crippen molar-refractivity contribution < 1.29 is 19.1 Å². The van der Waals surface area contributed by atoms with Crippen LogP contribution in [0.4, 0.5) is 4.79 Å². The summed E-state index contributed by atoms with van der Waals surface area (Å²) in [6, 6.07) is 0. The summed E-state index contributed by atoms with van der Waals surface area (Å²) in [5.74, 6) is -0.182. The van der Waals surface area contributed by atoms with Crippen molar-refractivity contribution in [3.63, 3.8) is 0 Å². The summed E-state index contributed by atoms with van der Waals surface area (Å²) in [5, 5.41) is 0. The van der Waals surface area contributed by atoms with Crippen molar-refractivity contribution in [3.8, 4) is 0 Å². The molecule has 0 fully saturated rings. The monoisotopic (exact) mass is 205 g/mol. The van der Waals surface area contributed by atoms with Crippen LogP contribution in [0.3, 0.4) is 0 Å². The predicted octanol–water partition coefficient (Wildman–Crippen LogP) is 1.45. The Morgan fingerprint density at radius 3 is 2.00 bits per heavy atom. The van der Waals surface area contributed by atoms with Gasteiger partial charge in [-0.05, 0) is 13.3 Å². The molecule has 0 saturated heterocycles. The highest BCUT2D eigenvalue weighted by Gasteiger charge is 1.88. The third-order valence-corrected chi connectivity index (χ3v) is 1.09. The van der Waals surface area contributed by atoms with E-state index in [1.807, 2.05) is 0 Å². The first kappa shape index (κ1) is 15.2. The van der Waals surface area contributed by atoms with Gasteiger partial charge < -0.3 is 15.2 Å². The Balaban J connectivity index is 0. The van der Waals surface area contributed by atoms with Gasteiger partial charge >= 0.3 is 12.1 Å². The van der Waals surface area contributed by atoms with E-state index in [-0.39, 0.29) is 5.97 Å². The number of rotatable bonds is 4. The molecule has 0 aliphatic rings. The number of hydrogen-bond acceptors (Lipinski definition) is 4. The van der Waals surface area contributed by atoms with Crippen molar-refractivity contribution >= 4 is 12.1 Å². The van der Waals surface area contributed by atoms with Gasteiger partial charge in [0, 0.05) is 6.92 Å². The van der Waals surface area contributed by atoms with Crippen LogP contribution in [0.25, 0.3) is 0 Å². The molecule has 14 heavy (non-hydrogen) atoms. The van der Waals surface area contributed by atoms with Crippen LogP contribution in [0.1, 0.15) is 33.6 Å². The topological polar surface area (TPSA) is 78.6 Å². The van der Waals surface area contributed by atoms with E-state index in [1.165, 1.54) is 6.92 Å². The summed E-state index contributed by atoms with van der Waals surface area (Å²) in [7, 11) is 0. The number of unbranched alkanes of at least 4 members (excludes halogenated alkanes) is 1. The zero-order chi connectivity index (χ0) is 11.4.